The van der Waals surface area contributed by atoms with Crippen molar-refractivity contribution in [2.75, 3.05) is 28.2 Å². The number of halogens is 1. The molecule has 3 aromatic heterocycles. The van der Waals surface area contributed by atoms with Gasteiger partial charge in [-0.2, -0.15) is 14.7 Å². The number of hydrogen-bond donors (Lipinski definition) is 4. The van der Waals surface area contributed by atoms with Crippen LogP contribution >= 0.6 is 70.1 Å². The second-order valence-corrected chi connectivity index (χ2v) is 54.0. The summed E-state index contributed by atoms with van der Waals surface area (Å²) in [6.45, 7) is 57.6. The molecule has 0 saturated heterocycles. The number of nitrogens with zero attached hydrogens (tertiary/aromatic N) is 11. The van der Waals surface area contributed by atoms with Crippen molar-refractivity contribution in [3.05, 3.63) is 234 Å². The fourth-order valence-corrected chi connectivity index (χ4v) is 22.8. The van der Waals surface area contributed by atoms with Gasteiger partial charge in [-0.05, 0) is 253 Å². The van der Waals surface area contributed by atoms with E-state index in [2.05, 4.69) is 159 Å². The number of H-pyrrole nitrogens is 1. The molecule has 0 saturated carbocycles. The number of thioether (sulfide) groups is 3. The minimum absolute atomic E-state index is 0. The predicted molar refractivity (Wildman–Crippen MR) is 584 cm³/mol. The normalized spacial score (nSPS) is 12.2. The standard InChI is InChI=1S/C36H48N5O4PS.C35H46N5O5PS.C26H27N5OS.C9H20ClO4P.CH2O3.2Cs.H/c1-25-15-17-26(18-16-25)23-32(42)37-30-24-27(19-20-31(30)47-36(8,9)10)28-13-11-12-14-29(28)33-38-40-41(39-33)21-22-46(43,44-34(2,3)4)45-35(5,6)7;1-24-15-17-25(18-16-24)21-31(41)36-29-22-26(19-20-30(29)47-35(8,9)10)27-13-11-12-14-28(27)32-37-38-39-40(32)23-43-46(42,44-33(2,3)4)45-34(5,6)7;1-17-9-11-18(12-10-17)15-24(32)27-22-16-19(13-14-23(22)33-26(2,3)4)20-7-5-6-8-21(20)25-28-30-31-29-25;1-8(2,3)13-15(11,12-7-10)14-9(4,5)6;2-1-4-3;;;/h11-20,24H,21-23H2,1-10H3,(H,37,42);11-20,22H,21,23H2,1-10H3,(H,36,41);5-14,16H,15H2,1-4H3,(H,27,32)(H,28,29,30,31);7H2,1-6H3;1,3H;;;/q;;;;;2*+1;-1/p-1. The predicted octanol–water partition coefficient (Wildman–Crippen LogP) is 20.7. The van der Waals surface area contributed by atoms with Gasteiger partial charge in [0.25, 0.3) is 6.47 Å². The van der Waals surface area contributed by atoms with E-state index in [9.17, 15) is 28.1 Å². The number of carbonyl (C=O) groups excluding carboxylic acids is 4. The molecule has 3 heterocycles. The molecule has 12 rings (SSSR count). The Morgan fingerprint density at radius 1 is 0.419 bits per heavy atom. The minimum atomic E-state index is -4.01. The summed E-state index contributed by atoms with van der Waals surface area (Å²) < 4.78 is 85.3. The van der Waals surface area contributed by atoms with Crippen molar-refractivity contribution in [2.24, 2.45) is 0 Å². The van der Waals surface area contributed by atoms with Gasteiger partial charge in [-0.15, -0.1) is 60.8 Å². The van der Waals surface area contributed by atoms with E-state index in [1.54, 1.807) is 118 Å². The molecule has 0 aliphatic heterocycles. The van der Waals surface area contributed by atoms with Gasteiger partial charge in [0.2, 0.25) is 29.4 Å². The molecule has 0 bridgehead atoms. The van der Waals surface area contributed by atoms with Crippen LogP contribution < -0.4 is 159 Å². The van der Waals surface area contributed by atoms with Crippen molar-refractivity contribution in [3.8, 4) is 67.5 Å². The number of hydrogen-bond acceptors (Lipinski definition) is 29. The Bertz CT molecular complexity index is 6420. The average molecular weight is 2400 g/mol. The van der Waals surface area contributed by atoms with E-state index >= 15 is 0 Å². The van der Waals surface area contributed by atoms with Crippen LogP contribution in [0.2, 0.25) is 0 Å². The molecule has 0 unspecified atom stereocenters. The number of aryl methyl sites for hydroxylation is 4. The van der Waals surface area contributed by atoms with E-state index < -0.39 is 56.8 Å². The summed E-state index contributed by atoms with van der Waals surface area (Å²) in [5, 5.41) is 58.0. The van der Waals surface area contributed by atoms with Crippen LogP contribution in [0.5, 0.6) is 0 Å². The Morgan fingerprint density at radius 3 is 1.05 bits per heavy atom. The molecule has 0 atom stereocenters. The van der Waals surface area contributed by atoms with Crippen molar-refractivity contribution in [1.29, 1.82) is 0 Å². The number of alkyl halides is 1. The van der Waals surface area contributed by atoms with E-state index in [1.165, 1.54) is 15.0 Å². The zero-order chi connectivity index (χ0) is 108. The van der Waals surface area contributed by atoms with Gasteiger partial charge in [0.15, 0.2) is 12.6 Å². The van der Waals surface area contributed by atoms with E-state index in [4.69, 9.17) is 57.8 Å². The van der Waals surface area contributed by atoms with Gasteiger partial charge in [-0.1, -0.05) is 254 Å². The third-order valence-corrected chi connectivity index (χ3v) is 28.9. The van der Waals surface area contributed by atoms with Crippen molar-refractivity contribution >= 4 is 111 Å². The van der Waals surface area contributed by atoms with Crippen molar-refractivity contribution in [1.82, 2.24) is 61.0 Å². The molecule has 41 heteroatoms. The molecule has 790 valence electrons. The first-order valence-corrected chi connectivity index (χ1v) is 55.1. The van der Waals surface area contributed by atoms with Crippen molar-refractivity contribution < 1.29 is 218 Å². The molecule has 32 nitrogen and oxygen atoms in total. The minimum Gasteiger partial charge on any atom is -1.00 e. The molecule has 0 aliphatic rings. The number of phosphoric acid groups is 2. The number of aromatic amines is 1. The first-order valence-electron chi connectivity index (χ1n) is 47.5. The Morgan fingerprint density at radius 2 is 0.736 bits per heavy atom. The zero-order valence-electron chi connectivity index (χ0n) is 92.4. The van der Waals surface area contributed by atoms with Gasteiger partial charge in [0.05, 0.1) is 82.6 Å². The van der Waals surface area contributed by atoms with Crippen LogP contribution in [0, 0.1) is 20.8 Å². The molecule has 0 aliphatic carbocycles. The van der Waals surface area contributed by atoms with E-state index in [1.807, 2.05) is 238 Å². The SMILES string of the molecule is CC(C)(C)OP(=O)(OCCl)OC(C)(C)C.Cc1ccc(CC(=O)Nc2cc(-c3ccccc3-c3nn[nH]n3)ccc2SC(C)(C)C)cc1.Cc1ccc(CC(=O)Nc2cc(-c3ccccc3-c3nnn(CCP(=O)(OC(C)(C)C)OC(C)(C)C)n3)ccc2SC(C)(C)C)cc1.Cc1ccc(CC(=O)Nc2cc(-c3ccccc3-c3nnnn3COP(=O)(OC(C)(C)C)OC(C)(C)C)ccc2SC(C)(C)C)cc1.O=CO[O-].[Cs+].[Cs+].[H-]. The number of anilines is 3. The van der Waals surface area contributed by atoms with Crippen LogP contribution in [0.25, 0.3) is 67.5 Å². The van der Waals surface area contributed by atoms with Crippen molar-refractivity contribution in [2.45, 2.75) is 303 Å². The number of amides is 3. The Labute approximate surface area is 1010 Å². The van der Waals surface area contributed by atoms with E-state index in [0.717, 1.165) is 110 Å². The van der Waals surface area contributed by atoms with Gasteiger partial charge >= 0.3 is 161 Å². The van der Waals surface area contributed by atoms with Crippen LogP contribution in [0.3, 0.4) is 0 Å². The van der Waals surface area contributed by atoms with Crippen LogP contribution in [0.15, 0.2) is 215 Å². The first-order chi connectivity index (χ1) is 67.7. The topological polar surface area (TPSA) is 403 Å². The van der Waals surface area contributed by atoms with Crippen LogP contribution in [-0.4, -0.2) is 145 Å². The monoisotopic (exact) mass is 2400 g/mol. The number of aromatic nitrogens is 12. The molecule has 0 spiro atoms. The maximum absolute atomic E-state index is 13.7. The van der Waals surface area contributed by atoms with E-state index in [0.29, 0.717) is 23.9 Å². The summed E-state index contributed by atoms with van der Waals surface area (Å²) >= 11 is 10.5. The number of tetrazole rings is 3. The zero-order valence-corrected chi connectivity index (χ0v) is 110. The molecule has 148 heavy (non-hydrogen) atoms. The molecule has 3 amide bonds. The maximum atomic E-state index is 13.7. The number of benzene rings is 9. The second-order valence-electron chi connectivity index (χ2n) is 43.1. The van der Waals surface area contributed by atoms with E-state index in [-0.39, 0.29) is 216 Å². The van der Waals surface area contributed by atoms with Gasteiger partial charge in [-0.3, -0.25) is 50.9 Å². The summed E-state index contributed by atoms with van der Waals surface area (Å²) in [5.41, 5.74) is 12.3. The van der Waals surface area contributed by atoms with Gasteiger partial charge in [-0.25, -0.2) is 9.13 Å². The van der Waals surface area contributed by atoms with Crippen molar-refractivity contribution in [3.63, 3.8) is 0 Å². The van der Waals surface area contributed by atoms with Crippen LogP contribution in [-0.2, 0) is 106 Å². The smallest absolute Gasteiger partial charge is 1.00 e. The molecular weight excluding hydrogens is 2260 g/mol. The second kappa shape index (κ2) is 57.5. The molecular formula is C107H143ClCs2N15O17P3S3. The Hall–Kier alpha value is -6.16. The Kier molecular flexibility index (Phi) is 50.7. The average Bonchev–Trinajstić information content (AvgIpc) is 1.75. The summed E-state index contributed by atoms with van der Waals surface area (Å²) in [6.07, 6.45) is 0.959. The number of carbonyl (C=O) groups is 4. The molecule has 0 fully saturated rings. The summed E-state index contributed by atoms with van der Waals surface area (Å²) in [5.74, 6) is 1.14. The molecule has 0 radical (unpaired) electrons. The maximum Gasteiger partial charge on any atom is 1.00 e. The van der Waals surface area contributed by atoms with Gasteiger partial charge in [0, 0.05) is 45.6 Å². The molecule has 9 aromatic carbocycles. The number of phosphoric ester groups is 2. The first kappa shape index (κ1) is 130. The summed E-state index contributed by atoms with van der Waals surface area (Å²) in [6, 6.07) is 65.5. The van der Waals surface area contributed by atoms with Crippen LogP contribution in [0.1, 0.15) is 222 Å². The van der Waals surface area contributed by atoms with Gasteiger partial charge < -0.3 is 36.6 Å². The third kappa shape index (κ3) is 47.7. The largest absolute Gasteiger partial charge is 1.00 e. The fourth-order valence-electron chi connectivity index (χ4n) is 13.7. The Balaban J connectivity index is 0.000000361. The number of nitrogens with one attached hydrogen (secondary N) is 4. The number of rotatable bonds is 33. The quantitative estimate of drug-likeness (QED) is 0.00741. The summed E-state index contributed by atoms with van der Waals surface area (Å²) in [7, 11) is -11.1. The van der Waals surface area contributed by atoms with Crippen LogP contribution in [0.4, 0.5) is 17.1 Å². The molecule has 12 aromatic rings. The third-order valence-electron chi connectivity index (χ3n) is 18.8. The molecule has 4 N–H and O–H groups in total. The van der Waals surface area contributed by atoms with Gasteiger partial charge in [0.1, 0.15) is 6.07 Å². The summed E-state index contributed by atoms with van der Waals surface area (Å²) in [4.78, 5) is 55.1. The fraction of sp³-hybridized carbons (Fsp3) is 0.430.